The molecule has 3 heteroatoms. The lowest BCUT2D eigenvalue weighted by atomic mass is 9.96. The Morgan fingerprint density at radius 2 is 2.00 bits per heavy atom. The first-order chi connectivity index (χ1) is 7.76. The van der Waals surface area contributed by atoms with Crippen molar-refractivity contribution in [3.05, 3.63) is 34.3 Å². The number of benzene rings is 1. The van der Waals surface area contributed by atoms with Gasteiger partial charge in [0.15, 0.2) is 0 Å². The molecular weight excluding hydrogens is 284 g/mol. The van der Waals surface area contributed by atoms with Crippen molar-refractivity contribution in [3.8, 4) is 0 Å². The minimum atomic E-state index is 0.296. The molecule has 0 aliphatic carbocycles. The Morgan fingerprint density at radius 3 is 2.56 bits per heavy atom. The van der Waals surface area contributed by atoms with E-state index in [9.17, 15) is 5.11 Å². The summed E-state index contributed by atoms with van der Waals surface area (Å²) in [5, 5.41) is 9.33. The number of halogens is 1. The van der Waals surface area contributed by atoms with Gasteiger partial charge in [-0.25, -0.2) is 0 Å². The highest BCUT2D eigenvalue weighted by Crippen LogP contribution is 2.17. The van der Waals surface area contributed by atoms with Gasteiger partial charge in [-0.2, -0.15) is 11.8 Å². The van der Waals surface area contributed by atoms with E-state index >= 15 is 0 Å². The molecule has 1 aromatic carbocycles. The average Bonchev–Trinajstić information content (AvgIpc) is 2.31. The summed E-state index contributed by atoms with van der Waals surface area (Å²) in [6.45, 7) is 0.296. The van der Waals surface area contributed by atoms with Crippen LogP contribution in [0, 0.1) is 5.92 Å². The molecule has 16 heavy (non-hydrogen) atoms. The number of thioether (sulfide) groups is 1. The van der Waals surface area contributed by atoms with Crippen LogP contribution in [0.3, 0.4) is 0 Å². The molecule has 1 rings (SSSR count). The van der Waals surface area contributed by atoms with Crippen molar-refractivity contribution in [2.75, 3.05) is 18.6 Å². The molecule has 0 saturated carbocycles. The SMILES string of the molecule is CSCCCC(CO)Cc1ccc(Br)cc1. The summed E-state index contributed by atoms with van der Waals surface area (Å²) >= 11 is 5.30. The molecule has 0 amide bonds. The molecule has 1 atom stereocenters. The second-order valence-electron chi connectivity index (χ2n) is 4.01. The topological polar surface area (TPSA) is 20.2 Å². The maximum Gasteiger partial charge on any atom is 0.0462 e. The molecule has 90 valence electrons. The summed E-state index contributed by atoms with van der Waals surface area (Å²) in [7, 11) is 0. The summed E-state index contributed by atoms with van der Waals surface area (Å²) < 4.78 is 1.11. The molecule has 0 aliphatic heterocycles. The zero-order valence-electron chi connectivity index (χ0n) is 9.66. The summed E-state index contributed by atoms with van der Waals surface area (Å²) in [4.78, 5) is 0. The molecule has 0 heterocycles. The van der Waals surface area contributed by atoms with Crippen LogP contribution in [0.4, 0.5) is 0 Å². The smallest absolute Gasteiger partial charge is 0.0462 e. The molecular formula is C13H19BrOS. The largest absolute Gasteiger partial charge is 0.396 e. The summed E-state index contributed by atoms with van der Waals surface area (Å²) in [6, 6.07) is 8.37. The van der Waals surface area contributed by atoms with Crippen LogP contribution in [0.25, 0.3) is 0 Å². The minimum absolute atomic E-state index is 0.296. The standard InChI is InChI=1S/C13H19BrOS/c1-16-8-2-3-12(10-15)9-11-4-6-13(14)7-5-11/h4-7,12,15H,2-3,8-10H2,1H3. The predicted molar refractivity (Wildman–Crippen MR) is 76.0 cm³/mol. The Hall–Kier alpha value is 0.01000. The minimum Gasteiger partial charge on any atom is -0.396 e. The second kappa shape index (κ2) is 8.15. The van der Waals surface area contributed by atoms with Crippen molar-refractivity contribution >= 4 is 27.7 Å². The van der Waals surface area contributed by atoms with Crippen LogP contribution in [0.15, 0.2) is 28.7 Å². The van der Waals surface area contributed by atoms with Gasteiger partial charge < -0.3 is 5.11 Å². The van der Waals surface area contributed by atoms with Crippen molar-refractivity contribution in [2.24, 2.45) is 5.92 Å². The van der Waals surface area contributed by atoms with Crippen molar-refractivity contribution in [1.29, 1.82) is 0 Å². The van der Waals surface area contributed by atoms with Crippen LogP contribution < -0.4 is 0 Å². The molecule has 0 spiro atoms. The highest BCUT2D eigenvalue weighted by molar-refractivity contribution is 9.10. The van der Waals surface area contributed by atoms with Gasteiger partial charge in [-0.15, -0.1) is 0 Å². The highest BCUT2D eigenvalue weighted by atomic mass is 79.9. The zero-order valence-corrected chi connectivity index (χ0v) is 12.1. The molecule has 0 aliphatic rings. The van der Waals surface area contributed by atoms with E-state index in [1.165, 1.54) is 17.7 Å². The quantitative estimate of drug-likeness (QED) is 0.774. The van der Waals surface area contributed by atoms with E-state index in [0.717, 1.165) is 17.3 Å². The first kappa shape index (κ1) is 14.1. The van der Waals surface area contributed by atoms with Gasteiger partial charge in [0.05, 0.1) is 0 Å². The summed E-state index contributed by atoms with van der Waals surface area (Å²) in [5.74, 6) is 1.60. The van der Waals surface area contributed by atoms with Crippen LogP contribution in [0.2, 0.25) is 0 Å². The zero-order chi connectivity index (χ0) is 11.8. The van der Waals surface area contributed by atoms with E-state index in [-0.39, 0.29) is 0 Å². The Bertz CT molecular complexity index is 286. The van der Waals surface area contributed by atoms with Crippen molar-refractivity contribution < 1.29 is 5.11 Å². The average molecular weight is 303 g/mol. The number of aliphatic hydroxyl groups is 1. The monoisotopic (exact) mass is 302 g/mol. The lowest BCUT2D eigenvalue weighted by molar-refractivity contribution is 0.217. The number of aliphatic hydroxyl groups excluding tert-OH is 1. The summed E-state index contributed by atoms with van der Waals surface area (Å²) in [6.07, 6.45) is 5.43. The first-order valence-corrected chi connectivity index (χ1v) is 7.79. The molecule has 1 unspecified atom stereocenters. The lowest BCUT2D eigenvalue weighted by Gasteiger charge is -2.13. The van der Waals surface area contributed by atoms with Gasteiger partial charge in [0.2, 0.25) is 0 Å². The fourth-order valence-electron chi connectivity index (χ4n) is 1.73. The molecule has 0 fully saturated rings. The van der Waals surface area contributed by atoms with E-state index in [2.05, 4.69) is 46.5 Å². The fraction of sp³-hybridized carbons (Fsp3) is 0.538. The molecule has 0 bridgehead atoms. The fourth-order valence-corrected chi connectivity index (χ4v) is 2.45. The van der Waals surface area contributed by atoms with Crippen LogP contribution in [-0.4, -0.2) is 23.7 Å². The van der Waals surface area contributed by atoms with E-state index in [0.29, 0.717) is 12.5 Å². The van der Waals surface area contributed by atoms with E-state index in [1.807, 2.05) is 11.8 Å². The van der Waals surface area contributed by atoms with Crippen molar-refractivity contribution in [2.45, 2.75) is 19.3 Å². The number of hydrogen-bond donors (Lipinski definition) is 1. The molecule has 1 aromatic rings. The summed E-state index contributed by atoms with van der Waals surface area (Å²) in [5.41, 5.74) is 1.31. The van der Waals surface area contributed by atoms with Gasteiger partial charge in [-0.3, -0.25) is 0 Å². The Labute approximate surface area is 111 Å². The van der Waals surface area contributed by atoms with Crippen molar-refractivity contribution in [3.63, 3.8) is 0 Å². The molecule has 0 radical (unpaired) electrons. The van der Waals surface area contributed by atoms with Gasteiger partial charge in [0.1, 0.15) is 0 Å². The number of rotatable bonds is 7. The van der Waals surface area contributed by atoms with Crippen LogP contribution in [0.1, 0.15) is 18.4 Å². The normalized spacial score (nSPS) is 12.7. The molecule has 0 aromatic heterocycles. The predicted octanol–water partition coefficient (Wildman–Crippen LogP) is 3.74. The van der Waals surface area contributed by atoms with Crippen LogP contribution in [-0.2, 0) is 6.42 Å². The third-order valence-electron chi connectivity index (χ3n) is 2.66. The Morgan fingerprint density at radius 1 is 1.31 bits per heavy atom. The van der Waals surface area contributed by atoms with Gasteiger partial charge in [-0.1, -0.05) is 28.1 Å². The van der Waals surface area contributed by atoms with E-state index in [4.69, 9.17) is 0 Å². The van der Waals surface area contributed by atoms with Crippen molar-refractivity contribution in [1.82, 2.24) is 0 Å². The number of hydrogen-bond acceptors (Lipinski definition) is 2. The van der Waals surface area contributed by atoms with Gasteiger partial charge in [0.25, 0.3) is 0 Å². The van der Waals surface area contributed by atoms with Gasteiger partial charge >= 0.3 is 0 Å². The third-order valence-corrected chi connectivity index (χ3v) is 3.88. The Kier molecular flexibility index (Phi) is 7.17. The van der Waals surface area contributed by atoms with Crippen LogP contribution in [0.5, 0.6) is 0 Å². The van der Waals surface area contributed by atoms with Crippen LogP contribution >= 0.6 is 27.7 Å². The highest BCUT2D eigenvalue weighted by Gasteiger charge is 2.08. The molecule has 0 saturated heterocycles. The maximum absolute atomic E-state index is 9.33. The molecule has 1 nitrogen and oxygen atoms in total. The van der Waals surface area contributed by atoms with E-state index in [1.54, 1.807) is 0 Å². The third kappa shape index (κ3) is 5.37. The lowest BCUT2D eigenvalue weighted by Crippen LogP contribution is -2.10. The Balaban J connectivity index is 2.40. The second-order valence-corrected chi connectivity index (χ2v) is 5.92. The molecule has 1 N–H and O–H groups in total. The van der Waals surface area contributed by atoms with Gasteiger partial charge in [0, 0.05) is 11.1 Å². The van der Waals surface area contributed by atoms with Gasteiger partial charge in [-0.05, 0) is 54.9 Å². The van der Waals surface area contributed by atoms with E-state index < -0.39 is 0 Å². The first-order valence-electron chi connectivity index (χ1n) is 5.60. The maximum atomic E-state index is 9.33.